The molecule has 0 saturated heterocycles. The predicted octanol–water partition coefficient (Wildman–Crippen LogP) is 3.13. The molecule has 0 rings (SSSR count). The van der Waals surface area contributed by atoms with Crippen LogP contribution in [0.25, 0.3) is 0 Å². The second-order valence-corrected chi connectivity index (χ2v) is 5.79. The van der Waals surface area contributed by atoms with Gasteiger partial charge in [-0.2, -0.15) is 0 Å². The average Bonchev–Trinajstić information content (AvgIpc) is 2.58. The van der Waals surface area contributed by atoms with Gasteiger partial charge in [0.2, 0.25) is 0 Å². The Kier molecular flexibility index (Phi) is 14.7. The summed E-state index contributed by atoms with van der Waals surface area (Å²) in [5, 5.41) is 38.1. The van der Waals surface area contributed by atoms with Gasteiger partial charge in [0.05, 0.1) is 6.10 Å². The van der Waals surface area contributed by atoms with Gasteiger partial charge >= 0.3 is 5.97 Å². The van der Waals surface area contributed by atoms with Crippen LogP contribution < -0.4 is 0 Å². The maximum atomic E-state index is 10.3. The van der Waals surface area contributed by atoms with Gasteiger partial charge in [-0.15, -0.1) is 0 Å². The largest absolute Gasteiger partial charge is 0.481 e. The minimum Gasteiger partial charge on any atom is -0.481 e. The lowest BCUT2D eigenvalue weighted by atomic mass is 10.0. The molecular formula is C20H32O5. The molecule has 0 aliphatic carbocycles. The predicted molar refractivity (Wildman–Crippen MR) is 100 cm³/mol. The van der Waals surface area contributed by atoms with Crippen molar-refractivity contribution >= 4 is 5.97 Å². The smallest absolute Gasteiger partial charge is 0.303 e. The second-order valence-electron chi connectivity index (χ2n) is 5.79. The van der Waals surface area contributed by atoms with Crippen molar-refractivity contribution in [3.8, 4) is 0 Å². The van der Waals surface area contributed by atoms with Gasteiger partial charge in [-0.05, 0) is 38.5 Å². The van der Waals surface area contributed by atoms with Gasteiger partial charge in [0, 0.05) is 6.42 Å². The molecule has 0 amide bonds. The van der Waals surface area contributed by atoms with Crippen LogP contribution in [0.3, 0.4) is 0 Å². The van der Waals surface area contributed by atoms with E-state index in [2.05, 4.69) is 13.0 Å². The van der Waals surface area contributed by atoms with Crippen molar-refractivity contribution in [1.29, 1.82) is 0 Å². The van der Waals surface area contributed by atoms with Gasteiger partial charge < -0.3 is 20.4 Å². The summed E-state index contributed by atoms with van der Waals surface area (Å²) in [5.74, 6) is -0.795. The molecule has 0 heterocycles. The molecule has 0 aromatic heterocycles. The van der Waals surface area contributed by atoms with Crippen LogP contribution in [-0.2, 0) is 4.79 Å². The molecule has 0 fully saturated rings. The standard InChI is InChI=1S/C20H32O5/c1-2-3-4-5-8-11-14-17(21)20(25)18(22)15-12-9-6-7-10-13-16-19(23)24/h3-4,6-8,11-12,15,17-18,20-22,25H,2,5,9-10,13-14,16H2,1H3,(H,23,24)/b4-3+,7-6+,11-8+,15-12+. The zero-order valence-electron chi connectivity index (χ0n) is 15.0. The fourth-order valence-electron chi connectivity index (χ4n) is 2.04. The Balaban J connectivity index is 3.98. The number of carboxylic acid groups (broad SMARTS) is 1. The molecule has 0 aliphatic rings. The molecule has 0 spiro atoms. The summed E-state index contributed by atoms with van der Waals surface area (Å²) in [6.07, 6.45) is 15.5. The van der Waals surface area contributed by atoms with Crippen LogP contribution in [-0.4, -0.2) is 44.7 Å². The number of unbranched alkanes of at least 4 members (excludes halogenated alkanes) is 1. The van der Waals surface area contributed by atoms with Crippen LogP contribution in [0.2, 0.25) is 0 Å². The van der Waals surface area contributed by atoms with E-state index < -0.39 is 24.3 Å². The highest BCUT2D eigenvalue weighted by Crippen LogP contribution is 2.07. The van der Waals surface area contributed by atoms with Gasteiger partial charge in [-0.1, -0.05) is 55.5 Å². The van der Waals surface area contributed by atoms with Crippen molar-refractivity contribution in [2.75, 3.05) is 0 Å². The Bertz CT molecular complexity index is 451. The molecule has 0 aromatic rings. The normalized spacial score (nSPS) is 16.3. The molecule has 0 saturated carbocycles. The molecule has 142 valence electrons. The topological polar surface area (TPSA) is 98.0 Å². The van der Waals surface area contributed by atoms with Gasteiger partial charge in [-0.25, -0.2) is 0 Å². The third kappa shape index (κ3) is 14.4. The minimum absolute atomic E-state index is 0.159. The first kappa shape index (κ1) is 23.3. The fraction of sp³-hybridized carbons (Fsp3) is 0.550. The number of carboxylic acids is 1. The zero-order valence-corrected chi connectivity index (χ0v) is 15.0. The summed E-state index contributed by atoms with van der Waals surface area (Å²) in [4.78, 5) is 10.3. The SMILES string of the molecule is CC/C=C/C/C=C/CC(O)C(O)C(O)/C=C/C/C=C/CCCC(=O)O. The highest BCUT2D eigenvalue weighted by atomic mass is 16.4. The number of aliphatic hydroxyl groups excluding tert-OH is 3. The van der Waals surface area contributed by atoms with E-state index in [4.69, 9.17) is 5.11 Å². The van der Waals surface area contributed by atoms with Gasteiger partial charge in [0.25, 0.3) is 0 Å². The van der Waals surface area contributed by atoms with Crippen molar-refractivity contribution in [3.63, 3.8) is 0 Å². The number of rotatable bonds is 14. The second kappa shape index (κ2) is 15.8. The van der Waals surface area contributed by atoms with Crippen LogP contribution in [0, 0.1) is 0 Å². The van der Waals surface area contributed by atoms with Gasteiger partial charge in [0.15, 0.2) is 0 Å². The Hall–Kier alpha value is -1.69. The molecule has 0 aliphatic heterocycles. The van der Waals surface area contributed by atoms with Crippen molar-refractivity contribution in [2.45, 2.75) is 70.2 Å². The molecule has 25 heavy (non-hydrogen) atoms. The number of hydrogen-bond acceptors (Lipinski definition) is 4. The van der Waals surface area contributed by atoms with Crippen molar-refractivity contribution in [3.05, 3.63) is 48.6 Å². The maximum absolute atomic E-state index is 10.3. The zero-order chi connectivity index (χ0) is 18.9. The summed E-state index contributed by atoms with van der Waals surface area (Å²) < 4.78 is 0. The van der Waals surface area contributed by atoms with Crippen LogP contribution in [0.5, 0.6) is 0 Å². The maximum Gasteiger partial charge on any atom is 0.303 e. The number of carbonyl (C=O) groups is 1. The van der Waals surface area contributed by atoms with E-state index in [1.807, 2.05) is 24.3 Å². The van der Waals surface area contributed by atoms with Crippen molar-refractivity contribution in [2.24, 2.45) is 0 Å². The first-order valence-electron chi connectivity index (χ1n) is 8.86. The first-order valence-corrected chi connectivity index (χ1v) is 8.86. The van der Waals surface area contributed by atoms with Crippen LogP contribution >= 0.6 is 0 Å². The Labute approximate surface area is 150 Å². The summed E-state index contributed by atoms with van der Waals surface area (Å²) in [6, 6.07) is 0. The fourth-order valence-corrected chi connectivity index (χ4v) is 2.04. The minimum atomic E-state index is -1.23. The quantitative estimate of drug-likeness (QED) is 0.284. The molecule has 3 atom stereocenters. The molecule has 3 unspecified atom stereocenters. The molecule has 0 bridgehead atoms. The molecule has 0 aromatic carbocycles. The monoisotopic (exact) mass is 352 g/mol. The lowest BCUT2D eigenvalue weighted by molar-refractivity contribution is -0.137. The summed E-state index contributed by atoms with van der Waals surface area (Å²) in [7, 11) is 0. The number of aliphatic hydroxyl groups is 3. The summed E-state index contributed by atoms with van der Waals surface area (Å²) in [6.45, 7) is 2.06. The van der Waals surface area contributed by atoms with E-state index in [1.165, 1.54) is 6.08 Å². The van der Waals surface area contributed by atoms with Gasteiger partial charge in [-0.3, -0.25) is 4.79 Å². The van der Waals surface area contributed by atoms with E-state index in [-0.39, 0.29) is 12.8 Å². The number of allylic oxidation sites excluding steroid dienone is 6. The summed E-state index contributed by atoms with van der Waals surface area (Å²) >= 11 is 0. The third-order valence-electron chi connectivity index (χ3n) is 3.50. The van der Waals surface area contributed by atoms with Crippen LogP contribution in [0.4, 0.5) is 0 Å². The molecule has 0 radical (unpaired) electrons. The average molecular weight is 352 g/mol. The Morgan fingerprint density at radius 1 is 0.920 bits per heavy atom. The van der Waals surface area contributed by atoms with Crippen LogP contribution in [0.15, 0.2) is 48.6 Å². The van der Waals surface area contributed by atoms with E-state index in [0.29, 0.717) is 19.3 Å². The first-order chi connectivity index (χ1) is 12.0. The lowest BCUT2D eigenvalue weighted by Crippen LogP contribution is -2.35. The molecule has 5 nitrogen and oxygen atoms in total. The summed E-state index contributed by atoms with van der Waals surface area (Å²) in [5.41, 5.74) is 0. The number of hydrogen-bond donors (Lipinski definition) is 4. The van der Waals surface area contributed by atoms with Crippen molar-refractivity contribution < 1.29 is 25.2 Å². The van der Waals surface area contributed by atoms with Crippen molar-refractivity contribution in [1.82, 2.24) is 0 Å². The van der Waals surface area contributed by atoms with Gasteiger partial charge in [0.1, 0.15) is 12.2 Å². The number of aliphatic carboxylic acids is 1. The Morgan fingerprint density at radius 3 is 2.24 bits per heavy atom. The Morgan fingerprint density at radius 2 is 1.56 bits per heavy atom. The molecule has 5 heteroatoms. The van der Waals surface area contributed by atoms with Crippen LogP contribution in [0.1, 0.15) is 51.9 Å². The molecular weight excluding hydrogens is 320 g/mol. The highest BCUT2D eigenvalue weighted by molar-refractivity contribution is 5.66. The third-order valence-corrected chi connectivity index (χ3v) is 3.50. The highest BCUT2D eigenvalue weighted by Gasteiger charge is 2.21. The van der Waals surface area contributed by atoms with E-state index in [0.717, 1.165) is 12.8 Å². The van der Waals surface area contributed by atoms with E-state index in [1.54, 1.807) is 12.2 Å². The van der Waals surface area contributed by atoms with E-state index in [9.17, 15) is 20.1 Å². The lowest BCUT2D eigenvalue weighted by Gasteiger charge is -2.19. The molecule has 4 N–H and O–H groups in total. The van der Waals surface area contributed by atoms with E-state index >= 15 is 0 Å².